The lowest BCUT2D eigenvalue weighted by atomic mass is 10.1. The largest absolute Gasteiger partial charge is 0.358 e. The lowest BCUT2D eigenvalue weighted by Gasteiger charge is -2.16. The number of benzene rings is 2. The van der Waals surface area contributed by atoms with Gasteiger partial charge in [-0.25, -0.2) is 9.97 Å². The third-order valence-corrected chi connectivity index (χ3v) is 4.33. The predicted molar refractivity (Wildman–Crippen MR) is 107 cm³/mol. The average Bonchev–Trinajstić information content (AvgIpc) is 2.64. The molecule has 0 saturated carbocycles. The van der Waals surface area contributed by atoms with Crippen LogP contribution in [-0.4, -0.2) is 14.9 Å². The van der Waals surface area contributed by atoms with Crippen LogP contribution in [0.15, 0.2) is 54.9 Å². The Hall–Kier alpha value is -3.19. The van der Waals surface area contributed by atoms with Crippen molar-refractivity contribution in [2.45, 2.75) is 19.9 Å². The molecule has 0 aliphatic rings. The van der Waals surface area contributed by atoms with Crippen LogP contribution < -0.4 is 10.6 Å². The van der Waals surface area contributed by atoms with Crippen molar-refractivity contribution in [2.24, 2.45) is 0 Å². The van der Waals surface area contributed by atoms with Gasteiger partial charge in [0.25, 0.3) is 0 Å². The van der Waals surface area contributed by atoms with Gasteiger partial charge >= 0.3 is 5.69 Å². The highest BCUT2D eigenvalue weighted by Gasteiger charge is 2.24. The van der Waals surface area contributed by atoms with E-state index in [1.54, 1.807) is 18.2 Å². The molecular weight excluding hydrogens is 366 g/mol. The minimum Gasteiger partial charge on any atom is -0.358 e. The topological polar surface area (TPSA) is 93.0 Å². The van der Waals surface area contributed by atoms with Crippen LogP contribution in [0.2, 0.25) is 5.02 Å². The molecule has 0 saturated heterocycles. The van der Waals surface area contributed by atoms with E-state index in [9.17, 15) is 10.1 Å². The number of aryl methyl sites for hydroxylation is 1. The van der Waals surface area contributed by atoms with Crippen LogP contribution in [-0.2, 0) is 0 Å². The molecule has 0 spiro atoms. The molecule has 138 valence electrons. The Balaban J connectivity index is 1.94. The molecular formula is C19H18ClN5O2. The van der Waals surface area contributed by atoms with Gasteiger partial charge in [-0.2, -0.15) is 0 Å². The first-order valence-electron chi connectivity index (χ1n) is 8.29. The summed E-state index contributed by atoms with van der Waals surface area (Å²) in [6.45, 7) is 3.77. The van der Waals surface area contributed by atoms with E-state index in [4.69, 9.17) is 11.6 Å². The molecule has 0 radical (unpaired) electrons. The maximum Gasteiger partial charge on any atom is 0.353 e. The van der Waals surface area contributed by atoms with Crippen molar-refractivity contribution in [2.75, 3.05) is 10.6 Å². The van der Waals surface area contributed by atoms with Crippen LogP contribution in [0.4, 0.5) is 23.0 Å². The van der Waals surface area contributed by atoms with Crippen LogP contribution in [0.3, 0.4) is 0 Å². The molecule has 3 rings (SSSR count). The van der Waals surface area contributed by atoms with Gasteiger partial charge in [0.05, 0.1) is 11.0 Å². The van der Waals surface area contributed by atoms with Crippen molar-refractivity contribution in [1.29, 1.82) is 0 Å². The number of aromatic nitrogens is 2. The van der Waals surface area contributed by atoms with E-state index in [1.807, 2.05) is 44.2 Å². The fraction of sp³-hybridized carbons (Fsp3) is 0.158. The molecule has 1 atom stereocenters. The molecule has 3 aromatic rings. The van der Waals surface area contributed by atoms with Crippen molar-refractivity contribution in [1.82, 2.24) is 9.97 Å². The van der Waals surface area contributed by atoms with E-state index in [2.05, 4.69) is 20.6 Å². The summed E-state index contributed by atoms with van der Waals surface area (Å²) in [5.74, 6) is 0.267. The van der Waals surface area contributed by atoms with E-state index >= 15 is 0 Å². The molecule has 2 aromatic carbocycles. The molecule has 8 heteroatoms. The lowest BCUT2D eigenvalue weighted by molar-refractivity contribution is -0.383. The molecule has 1 unspecified atom stereocenters. The van der Waals surface area contributed by atoms with E-state index in [0.29, 0.717) is 10.7 Å². The summed E-state index contributed by atoms with van der Waals surface area (Å²) >= 11 is 5.97. The molecule has 27 heavy (non-hydrogen) atoms. The molecule has 0 aliphatic heterocycles. The van der Waals surface area contributed by atoms with Crippen molar-refractivity contribution in [3.05, 3.63) is 81.1 Å². The number of hydrogen-bond acceptors (Lipinski definition) is 6. The number of rotatable bonds is 6. The fourth-order valence-electron chi connectivity index (χ4n) is 2.67. The lowest BCUT2D eigenvalue weighted by Crippen LogP contribution is -2.12. The van der Waals surface area contributed by atoms with E-state index < -0.39 is 4.92 Å². The molecule has 2 N–H and O–H groups in total. The minimum absolute atomic E-state index is 0.114. The summed E-state index contributed by atoms with van der Waals surface area (Å²) in [4.78, 5) is 19.4. The van der Waals surface area contributed by atoms with E-state index in [-0.39, 0.29) is 23.4 Å². The van der Waals surface area contributed by atoms with Crippen LogP contribution in [0.25, 0.3) is 0 Å². The van der Waals surface area contributed by atoms with Crippen LogP contribution in [0.1, 0.15) is 24.1 Å². The Morgan fingerprint density at radius 2 is 1.81 bits per heavy atom. The zero-order valence-electron chi connectivity index (χ0n) is 14.8. The third-order valence-electron chi connectivity index (χ3n) is 4.10. The van der Waals surface area contributed by atoms with Gasteiger partial charge in [0.15, 0.2) is 0 Å². The summed E-state index contributed by atoms with van der Waals surface area (Å²) in [5.41, 5.74) is 2.31. The van der Waals surface area contributed by atoms with Gasteiger partial charge in [-0.1, -0.05) is 41.9 Å². The molecule has 0 amide bonds. The fourth-order valence-corrected chi connectivity index (χ4v) is 2.90. The number of hydrogen-bond donors (Lipinski definition) is 2. The molecule has 7 nitrogen and oxygen atoms in total. The van der Waals surface area contributed by atoms with Gasteiger partial charge in [-0.3, -0.25) is 10.1 Å². The maximum atomic E-state index is 11.7. The highest BCUT2D eigenvalue weighted by Crippen LogP contribution is 2.34. The summed E-state index contributed by atoms with van der Waals surface area (Å²) < 4.78 is 0. The van der Waals surface area contributed by atoms with Gasteiger partial charge in [-0.15, -0.1) is 0 Å². The Morgan fingerprint density at radius 3 is 2.48 bits per heavy atom. The second-order valence-corrected chi connectivity index (χ2v) is 6.47. The SMILES string of the molecule is Cc1cc(Cl)ccc1Nc1ncnc(NC(C)c2ccccc2)c1[N+](=O)[O-]. The quantitative estimate of drug-likeness (QED) is 0.445. The summed E-state index contributed by atoms with van der Waals surface area (Å²) in [7, 11) is 0. The first kappa shape index (κ1) is 18.6. The summed E-state index contributed by atoms with van der Waals surface area (Å²) in [6, 6.07) is 14.7. The number of nitrogens with zero attached hydrogens (tertiary/aromatic N) is 3. The molecule has 0 bridgehead atoms. The smallest absolute Gasteiger partial charge is 0.353 e. The zero-order valence-corrected chi connectivity index (χ0v) is 15.6. The normalized spacial score (nSPS) is 11.7. The summed E-state index contributed by atoms with van der Waals surface area (Å²) in [6.07, 6.45) is 1.29. The van der Waals surface area contributed by atoms with Crippen molar-refractivity contribution < 1.29 is 4.92 Å². The highest BCUT2D eigenvalue weighted by molar-refractivity contribution is 6.30. The number of halogens is 1. The van der Waals surface area contributed by atoms with Gasteiger partial charge in [0.1, 0.15) is 6.33 Å². The number of anilines is 3. The second kappa shape index (κ2) is 8.01. The summed E-state index contributed by atoms with van der Waals surface area (Å²) in [5, 5.41) is 18.4. The zero-order chi connectivity index (χ0) is 19.4. The Morgan fingerprint density at radius 1 is 1.11 bits per heavy atom. The number of nitrogens with one attached hydrogen (secondary N) is 2. The molecule has 0 fully saturated rings. The minimum atomic E-state index is -0.492. The van der Waals surface area contributed by atoms with Crippen LogP contribution in [0.5, 0.6) is 0 Å². The Bertz CT molecular complexity index is 966. The maximum absolute atomic E-state index is 11.7. The van der Waals surface area contributed by atoms with Crippen molar-refractivity contribution >= 4 is 34.6 Å². The van der Waals surface area contributed by atoms with E-state index in [0.717, 1.165) is 11.1 Å². The Kier molecular flexibility index (Phi) is 5.52. The Labute approximate surface area is 161 Å². The third kappa shape index (κ3) is 4.32. The van der Waals surface area contributed by atoms with Gasteiger partial charge in [0, 0.05) is 10.7 Å². The monoisotopic (exact) mass is 383 g/mol. The first-order valence-corrected chi connectivity index (χ1v) is 8.67. The average molecular weight is 384 g/mol. The van der Waals surface area contributed by atoms with Crippen molar-refractivity contribution in [3.63, 3.8) is 0 Å². The number of nitro groups is 1. The van der Waals surface area contributed by atoms with Crippen LogP contribution in [0, 0.1) is 17.0 Å². The predicted octanol–water partition coefficient (Wildman–Crippen LogP) is 5.26. The van der Waals surface area contributed by atoms with Crippen molar-refractivity contribution in [3.8, 4) is 0 Å². The van der Waals surface area contributed by atoms with E-state index in [1.165, 1.54) is 6.33 Å². The molecule has 1 aromatic heterocycles. The second-order valence-electron chi connectivity index (χ2n) is 6.04. The highest BCUT2D eigenvalue weighted by atomic mass is 35.5. The van der Waals surface area contributed by atoms with Crippen LogP contribution >= 0.6 is 11.6 Å². The van der Waals surface area contributed by atoms with Gasteiger partial charge in [0.2, 0.25) is 11.6 Å². The first-order chi connectivity index (χ1) is 13.0. The van der Waals surface area contributed by atoms with Gasteiger partial charge < -0.3 is 10.6 Å². The molecule has 1 heterocycles. The van der Waals surface area contributed by atoms with Gasteiger partial charge in [-0.05, 0) is 43.2 Å². The molecule has 0 aliphatic carbocycles. The standard InChI is InChI=1S/C19H18ClN5O2/c1-12-10-15(20)8-9-16(12)24-19-17(25(26)27)18(21-11-22-19)23-13(2)14-6-4-3-5-7-14/h3-11,13H,1-2H3,(H2,21,22,23,24).